The number of carbonyl (C=O) groups is 1. The number of aryl methyl sites for hydroxylation is 9. The minimum absolute atomic E-state index is 0.127. The third-order valence-corrected chi connectivity index (χ3v) is 9.35. The Morgan fingerprint density at radius 2 is 1.40 bits per heavy atom. The van der Waals surface area contributed by atoms with Gasteiger partial charge in [-0.25, -0.2) is 0 Å². The molecule has 6 rings (SSSR count). The number of aromatic nitrogens is 5. The molecule has 0 fully saturated rings. The first-order valence-electron chi connectivity index (χ1n) is 16.9. The van der Waals surface area contributed by atoms with E-state index in [2.05, 4.69) is 109 Å². The van der Waals surface area contributed by atoms with Crippen molar-refractivity contribution in [3.05, 3.63) is 156 Å². The summed E-state index contributed by atoms with van der Waals surface area (Å²) in [4.78, 5) is 34.5. The maximum atomic E-state index is 12.7. The summed E-state index contributed by atoms with van der Waals surface area (Å²) in [6, 6.07) is 19.8. The van der Waals surface area contributed by atoms with E-state index < -0.39 is 0 Å². The van der Waals surface area contributed by atoms with Gasteiger partial charge in [0.2, 0.25) is 0 Å². The molecule has 8 nitrogen and oxygen atoms in total. The number of benzene rings is 1. The van der Waals surface area contributed by atoms with Gasteiger partial charge in [0.25, 0.3) is 5.91 Å². The summed E-state index contributed by atoms with van der Waals surface area (Å²) in [6.07, 6.45) is 3.93. The van der Waals surface area contributed by atoms with Crippen molar-refractivity contribution in [2.45, 2.75) is 75.3 Å². The third kappa shape index (κ3) is 13.9. The van der Waals surface area contributed by atoms with Gasteiger partial charge in [-0.1, -0.05) is 17.7 Å². The molecule has 0 aliphatic rings. The molecule has 1 N–H and O–H groups in total. The number of rotatable bonds is 5. The molecule has 0 saturated heterocycles. The normalized spacial score (nSPS) is 10.2. The molecule has 0 spiro atoms. The monoisotopic (exact) mass is 808 g/mol. The molecule has 53 heavy (non-hydrogen) atoms. The maximum absolute atomic E-state index is 12.7. The van der Waals surface area contributed by atoms with E-state index in [4.69, 9.17) is 11.6 Å². The average Bonchev–Trinajstić information content (AvgIpc) is 3.07. The van der Waals surface area contributed by atoms with Crippen LogP contribution in [0.5, 0.6) is 0 Å². The van der Waals surface area contributed by atoms with Gasteiger partial charge >= 0.3 is 24.8 Å². The van der Waals surface area contributed by atoms with E-state index in [1.165, 1.54) is 11.1 Å². The summed E-state index contributed by atoms with van der Waals surface area (Å²) in [7, 11) is 4.34. The van der Waals surface area contributed by atoms with E-state index in [1.54, 1.807) is 18.5 Å². The van der Waals surface area contributed by atoms with Gasteiger partial charge in [-0.3, -0.25) is 29.7 Å². The Kier molecular flexibility index (Phi) is 16.9. The van der Waals surface area contributed by atoms with Gasteiger partial charge in [0.05, 0.1) is 16.2 Å². The average molecular weight is 810 g/mol. The van der Waals surface area contributed by atoms with Gasteiger partial charge in [0, 0.05) is 74.9 Å². The van der Waals surface area contributed by atoms with Gasteiger partial charge in [-0.2, -0.15) is 0 Å². The molecule has 6 aromatic rings. The topological polar surface area (TPSA) is 106 Å². The van der Waals surface area contributed by atoms with Crippen LogP contribution in [-0.2, 0) is 13.0 Å². The van der Waals surface area contributed by atoms with Crippen molar-refractivity contribution in [1.29, 1.82) is 0 Å². The zero-order valence-corrected chi connectivity index (χ0v) is 35.0. The van der Waals surface area contributed by atoms with Crippen LogP contribution in [0.1, 0.15) is 78.0 Å². The number of nitrogens with one attached hydrogen (secondary N) is 1. The Morgan fingerprint density at radius 3 is 2.00 bits per heavy atom. The number of nitrogens with zero attached hydrogens (tertiary/aromatic N) is 6. The van der Waals surface area contributed by atoms with Crippen LogP contribution in [0.4, 0.5) is 0 Å². The molecule has 0 aliphatic heterocycles. The molecule has 12 heteroatoms. The number of pyridine rings is 5. The second kappa shape index (κ2) is 20.8. The Labute approximate surface area is 333 Å². The van der Waals surface area contributed by atoms with E-state index >= 15 is 0 Å². The third-order valence-electron chi connectivity index (χ3n) is 7.94. The van der Waals surface area contributed by atoms with Crippen LogP contribution < -0.4 is 5.32 Å². The predicted molar refractivity (Wildman–Crippen MR) is 225 cm³/mol. The summed E-state index contributed by atoms with van der Waals surface area (Å²) in [5.74, 6) is -0.127. The Hall–Kier alpha value is -4.32. The van der Waals surface area contributed by atoms with Gasteiger partial charge < -0.3 is 5.32 Å². The van der Waals surface area contributed by atoms with Crippen molar-refractivity contribution in [3.63, 3.8) is 0 Å². The second-order valence-corrected chi connectivity index (χ2v) is 14.2. The van der Waals surface area contributed by atoms with Crippen LogP contribution in [0.15, 0.2) is 81.8 Å². The molecule has 1 amide bonds. The molecule has 5 heterocycles. The van der Waals surface area contributed by atoms with Gasteiger partial charge in [0.15, 0.2) is 0 Å². The first kappa shape index (κ1) is 43.1. The molecule has 0 atom stereocenters. The number of carbonyl (C=O) groups excluding carboxylic acids is 1. The zero-order valence-electron chi connectivity index (χ0n) is 31.7. The molecule has 1 aromatic carbocycles. The van der Waals surface area contributed by atoms with E-state index in [-0.39, 0.29) is 5.91 Å². The Morgan fingerprint density at radius 1 is 0.792 bits per heavy atom. The summed E-state index contributed by atoms with van der Waals surface area (Å²) in [5.41, 5.74) is 14.4. The summed E-state index contributed by atoms with van der Waals surface area (Å²) < 4.78 is 3.82. The van der Waals surface area contributed by atoms with Crippen molar-refractivity contribution in [1.82, 2.24) is 30.2 Å². The van der Waals surface area contributed by atoms with Crippen LogP contribution in [0.2, 0.25) is 5.02 Å². The fraction of sp³-hybridized carbons (Fsp3) is 0.268. The van der Waals surface area contributed by atoms with Crippen molar-refractivity contribution in [2.24, 2.45) is 4.30 Å². The Bertz CT molecular complexity index is 2120. The van der Waals surface area contributed by atoms with Crippen LogP contribution >= 0.6 is 40.3 Å². The number of thiol groups is 1. The molecule has 0 aliphatic carbocycles. The number of halogens is 2. The van der Waals surface area contributed by atoms with Crippen LogP contribution in [0.25, 0.3) is 10.9 Å². The number of amides is 1. The van der Waals surface area contributed by atoms with Crippen molar-refractivity contribution in [3.8, 4) is 0 Å². The predicted octanol–water partition coefficient (Wildman–Crippen LogP) is 10.1. The standard InChI is InChI=1S/C25H23ClN4O.C8H10BrN.C8H11N.BHNS/c1-15-8-16(2)30-17(3)23(15)14-29-25(31)19-6-7-27-22(12-19)10-18-4-5-24-20(9-18)11-21(26)13-28-24;1-5-4-6(2)10-7(3)8(5)9;1-6-4-7(2)9-8(3)5-6;1-2-3/h4-9,11-13H,10,14H2,1-3H3,(H,29,31);4H,1-3H3;4-5H,1-3H3;3H. The Balaban J connectivity index is 0.000000278. The van der Waals surface area contributed by atoms with E-state index in [9.17, 15) is 4.79 Å². The SMILES string of the molecule is Cc1cc(C)c(Br)c(C)n1.Cc1cc(C)c(CNC(=O)c2ccnc(Cc3ccc4ncc(Cl)cc4c3)c2)c(C)n1.Cc1cc(C)nc(C)c1.[B]=NS. The molecule has 0 bridgehead atoms. The number of fused-ring (bicyclic) bond motifs is 1. The van der Waals surface area contributed by atoms with Gasteiger partial charge in [0.1, 0.15) is 0 Å². The van der Waals surface area contributed by atoms with Crippen molar-refractivity contribution in [2.75, 3.05) is 0 Å². The molecule has 0 unspecified atom stereocenters. The summed E-state index contributed by atoms with van der Waals surface area (Å²) >= 11 is 12.7. The van der Waals surface area contributed by atoms with Gasteiger partial charge in [-0.05, 0) is 161 Å². The fourth-order valence-electron chi connectivity index (χ4n) is 5.83. The van der Waals surface area contributed by atoms with E-state index in [0.29, 0.717) is 23.6 Å². The minimum atomic E-state index is -0.127. The zero-order chi connectivity index (χ0) is 39.2. The number of hydrogen-bond donors (Lipinski definition) is 2. The fourth-order valence-corrected chi connectivity index (χ4v) is 6.20. The van der Waals surface area contributed by atoms with Crippen molar-refractivity contribution >= 4 is 64.8 Å². The first-order chi connectivity index (χ1) is 25.1. The molecule has 1 radical (unpaired) electrons. The molecule has 0 saturated carbocycles. The quantitative estimate of drug-likeness (QED) is 0.133. The second-order valence-electron chi connectivity index (χ2n) is 12.7. The van der Waals surface area contributed by atoms with Crippen molar-refractivity contribution < 1.29 is 4.79 Å². The van der Waals surface area contributed by atoms with Crippen LogP contribution in [0, 0.1) is 62.3 Å². The summed E-state index contributed by atoms with van der Waals surface area (Å²) in [6.45, 7) is 18.6. The molecular formula is C41H45BBrClN7OS. The first-order valence-corrected chi connectivity index (χ1v) is 18.4. The molecule has 5 aromatic heterocycles. The van der Waals surface area contributed by atoms with Crippen LogP contribution in [-0.4, -0.2) is 38.5 Å². The summed E-state index contributed by atoms with van der Waals surface area (Å²) in [5, 5.41) is 4.60. The van der Waals surface area contributed by atoms with E-state index in [0.717, 1.165) is 71.9 Å². The molecule has 273 valence electrons. The molecular weight excluding hydrogens is 765 g/mol. The van der Waals surface area contributed by atoms with E-state index in [1.807, 2.05) is 78.8 Å². The number of hydrogen-bond acceptors (Lipinski definition) is 8. The van der Waals surface area contributed by atoms with Gasteiger partial charge in [-0.15, -0.1) is 0 Å². The van der Waals surface area contributed by atoms with Crippen LogP contribution in [0.3, 0.4) is 0 Å².